The first-order valence-corrected chi connectivity index (χ1v) is 6.98. The van der Waals surface area contributed by atoms with Gasteiger partial charge in [-0.05, 0) is 29.8 Å². The fraction of sp³-hybridized carbons (Fsp3) is 0. The van der Waals surface area contributed by atoms with Gasteiger partial charge in [0.2, 0.25) is 0 Å². The molecule has 0 spiro atoms. The number of nitro groups is 1. The Kier molecular flexibility index (Phi) is 3.85. The second kappa shape index (κ2) is 5.95. The number of non-ortho nitro benzene ring substituents is 1. The van der Waals surface area contributed by atoms with Gasteiger partial charge in [-0.1, -0.05) is 41.9 Å². The summed E-state index contributed by atoms with van der Waals surface area (Å²) >= 11 is 5.97. The molecule has 0 aliphatic carbocycles. The third kappa shape index (κ3) is 3.13. The molecule has 0 unspecified atom stereocenters. The number of nitrogens with zero attached hydrogens (tertiary/aromatic N) is 2. The van der Waals surface area contributed by atoms with Gasteiger partial charge in [-0.3, -0.25) is 10.1 Å². The topological polar surface area (TPSA) is 56.0 Å². The summed E-state index contributed by atoms with van der Waals surface area (Å²) in [7, 11) is 0. The maximum Gasteiger partial charge on any atom is 0.270 e. The van der Waals surface area contributed by atoms with Crippen LogP contribution in [-0.4, -0.2) is 9.91 Å². The molecule has 0 radical (unpaired) electrons. The monoisotopic (exact) mass is 310 g/mol. The van der Waals surface area contributed by atoms with Gasteiger partial charge in [0.05, 0.1) is 16.1 Å². The van der Waals surface area contributed by atoms with Gasteiger partial charge in [0.25, 0.3) is 5.69 Å². The average Bonchev–Trinajstić information content (AvgIpc) is 2.52. The van der Waals surface area contributed by atoms with Crippen molar-refractivity contribution in [1.29, 1.82) is 0 Å². The molecular formula is C17H11ClN2O2. The standard InChI is InChI=1S/C17H11ClN2O2/c18-14-7-5-13-6-9-15(19-17(13)11-14)8-4-12-2-1-3-16(10-12)20(21)22/h1-11H/b8-4+. The Morgan fingerprint density at radius 3 is 2.68 bits per heavy atom. The number of benzene rings is 2. The Morgan fingerprint density at radius 2 is 1.86 bits per heavy atom. The average molecular weight is 311 g/mol. The van der Waals surface area contributed by atoms with Crippen molar-refractivity contribution in [3.05, 3.63) is 81.0 Å². The zero-order valence-corrected chi connectivity index (χ0v) is 12.2. The van der Waals surface area contributed by atoms with Crippen LogP contribution in [0, 0.1) is 10.1 Å². The Labute approximate surface area is 131 Å². The van der Waals surface area contributed by atoms with Gasteiger partial charge in [0, 0.05) is 22.5 Å². The van der Waals surface area contributed by atoms with E-state index in [0.29, 0.717) is 5.02 Å². The zero-order valence-electron chi connectivity index (χ0n) is 11.4. The normalized spacial score (nSPS) is 11.1. The third-order valence-corrected chi connectivity index (χ3v) is 3.44. The van der Waals surface area contributed by atoms with Crippen molar-refractivity contribution in [3.63, 3.8) is 0 Å². The molecule has 108 valence electrons. The van der Waals surface area contributed by atoms with E-state index in [1.807, 2.05) is 36.4 Å². The molecule has 0 saturated carbocycles. The highest BCUT2D eigenvalue weighted by atomic mass is 35.5. The molecule has 0 atom stereocenters. The molecule has 0 aliphatic heterocycles. The van der Waals surface area contributed by atoms with Crippen LogP contribution in [0.2, 0.25) is 5.02 Å². The van der Waals surface area contributed by atoms with Gasteiger partial charge in [-0.2, -0.15) is 0 Å². The van der Waals surface area contributed by atoms with E-state index in [0.717, 1.165) is 22.2 Å². The van der Waals surface area contributed by atoms with Gasteiger partial charge in [-0.15, -0.1) is 0 Å². The van der Waals surface area contributed by atoms with Gasteiger partial charge in [0.15, 0.2) is 0 Å². The predicted octanol–water partition coefficient (Wildman–Crippen LogP) is 4.97. The molecular weight excluding hydrogens is 300 g/mol. The predicted molar refractivity (Wildman–Crippen MR) is 88.8 cm³/mol. The molecule has 5 heteroatoms. The number of fused-ring (bicyclic) bond motifs is 1. The second-order valence-electron chi connectivity index (χ2n) is 4.76. The zero-order chi connectivity index (χ0) is 15.5. The second-order valence-corrected chi connectivity index (χ2v) is 5.20. The quantitative estimate of drug-likeness (QED) is 0.507. The van der Waals surface area contributed by atoms with Crippen LogP contribution in [0.25, 0.3) is 23.1 Å². The molecule has 3 aromatic rings. The SMILES string of the molecule is O=[N+]([O-])c1cccc(/C=C/c2ccc3ccc(Cl)cc3n2)c1. The van der Waals surface area contributed by atoms with Crippen LogP contribution in [0.4, 0.5) is 5.69 Å². The minimum absolute atomic E-state index is 0.0698. The third-order valence-electron chi connectivity index (χ3n) is 3.20. The highest BCUT2D eigenvalue weighted by Gasteiger charge is 2.03. The van der Waals surface area contributed by atoms with E-state index >= 15 is 0 Å². The van der Waals surface area contributed by atoms with E-state index < -0.39 is 4.92 Å². The summed E-state index contributed by atoms with van der Waals surface area (Å²) in [6, 6.07) is 15.9. The summed E-state index contributed by atoms with van der Waals surface area (Å²) in [5.74, 6) is 0. The van der Waals surface area contributed by atoms with E-state index in [1.165, 1.54) is 12.1 Å². The largest absolute Gasteiger partial charge is 0.270 e. The molecule has 0 bridgehead atoms. The summed E-state index contributed by atoms with van der Waals surface area (Å²) in [5.41, 5.74) is 2.40. The summed E-state index contributed by atoms with van der Waals surface area (Å²) in [4.78, 5) is 14.9. The maximum atomic E-state index is 10.8. The van der Waals surface area contributed by atoms with Gasteiger partial charge in [0.1, 0.15) is 0 Å². The highest BCUT2D eigenvalue weighted by molar-refractivity contribution is 6.31. The lowest BCUT2D eigenvalue weighted by molar-refractivity contribution is -0.384. The van der Waals surface area contributed by atoms with E-state index in [9.17, 15) is 10.1 Å². The lowest BCUT2D eigenvalue weighted by Gasteiger charge is -2.00. The molecule has 0 fully saturated rings. The van der Waals surface area contributed by atoms with Crippen LogP contribution < -0.4 is 0 Å². The Balaban J connectivity index is 1.92. The molecule has 0 N–H and O–H groups in total. The number of aromatic nitrogens is 1. The molecule has 3 rings (SSSR count). The maximum absolute atomic E-state index is 10.8. The van der Waals surface area contributed by atoms with Gasteiger partial charge < -0.3 is 0 Å². The van der Waals surface area contributed by atoms with Gasteiger partial charge in [-0.25, -0.2) is 4.98 Å². The molecule has 4 nitrogen and oxygen atoms in total. The van der Waals surface area contributed by atoms with Crippen LogP contribution in [0.15, 0.2) is 54.6 Å². The number of pyridine rings is 1. The van der Waals surface area contributed by atoms with Crippen LogP contribution in [-0.2, 0) is 0 Å². The summed E-state index contributed by atoms with van der Waals surface area (Å²) < 4.78 is 0. The molecule has 0 aliphatic rings. The minimum Gasteiger partial charge on any atom is -0.258 e. The van der Waals surface area contributed by atoms with Crippen molar-refractivity contribution in [2.75, 3.05) is 0 Å². The number of halogens is 1. The van der Waals surface area contributed by atoms with E-state index in [2.05, 4.69) is 4.98 Å². The first kappa shape index (κ1) is 14.2. The fourth-order valence-corrected chi connectivity index (χ4v) is 2.29. The van der Waals surface area contributed by atoms with E-state index in [1.54, 1.807) is 18.2 Å². The van der Waals surface area contributed by atoms with Crippen molar-refractivity contribution in [2.24, 2.45) is 0 Å². The molecule has 0 amide bonds. The summed E-state index contributed by atoms with van der Waals surface area (Å²) in [6.45, 7) is 0. The summed E-state index contributed by atoms with van der Waals surface area (Å²) in [6.07, 6.45) is 3.62. The molecule has 0 saturated heterocycles. The highest BCUT2D eigenvalue weighted by Crippen LogP contribution is 2.19. The van der Waals surface area contributed by atoms with E-state index in [4.69, 9.17) is 11.6 Å². The van der Waals surface area contributed by atoms with Crippen molar-refractivity contribution in [1.82, 2.24) is 4.98 Å². The van der Waals surface area contributed by atoms with Crippen molar-refractivity contribution < 1.29 is 4.92 Å². The van der Waals surface area contributed by atoms with Crippen LogP contribution in [0.1, 0.15) is 11.3 Å². The van der Waals surface area contributed by atoms with Crippen molar-refractivity contribution in [2.45, 2.75) is 0 Å². The number of hydrogen-bond donors (Lipinski definition) is 0. The molecule has 1 heterocycles. The lowest BCUT2D eigenvalue weighted by atomic mass is 10.1. The number of rotatable bonds is 3. The van der Waals surface area contributed by atoms with Crippen LogP contribution in [0.3, 0.4) is 0 Å². The van der Waals surface area contributed by atoms with Crippen LogP contribution >= 0.6 is 11.6 Å². The fourth-order valence-electron chi connectivity index (χ4n) is 2.12. The summed E-state index contributed by atoms with van der Waals surface area (Å²) in [5, 5.41) is 12.4. The lowest BCUT2D eigenvalue weighted by Crippen LogP contribution is -1.87. The smallest absolute Gasteiger partial charge is 0.258 e. The molecule has 22 heavy (non-hydrogen) atoms. The number of nitro benzene ring substituents is 1. The Bertz CT molecular complexity index is 891. The van der Waals surface area contributed by atoms with Gasteiger partial charge >= 0.3 is 0 Å². The first-order valence-electron chi connectivity index (χ1n) is 6.61. The van der Waals surface area contributed by atoms with E-state index in [-0.39, 0.29) is 5.69 Å². The van der Waals surface area contributed by atoms with Crippen molar-refractivity contribution >= 4 is 40.3 Å². The molecule has 2 aromatic carbocycles. The minimum atomic E-state index is -0.409. The first-order chi connectivity index (χ1) is 10.6. The molecule has 1 aromatic heterocycles. The van der Waals surface area contributed by atoms with Crippen LogP contribution in [0.5, 0.6) is 0 Å². The van der Waals surface area contributed by atoms with Crippen molar-refractivity contribution in [3.8, 4) is 0 Å². The Hall–Kier alpha value is -2.72. The number of hydrogen-bond acceptors (Lipinski definition) is 3. The Morgan fingerprint density at radius 1 is 1.05 bits per heavy atom.